The number of hydrogen-bond donors (Lipinski definition) is 0. The van der Waals surface area contributed by atoms with E-state index in [1.165, 1.54) is 6.07 Å². The van der Waals surface area contributed by atoms with Gasteiger partial charge in [0.1, 0.15) is 12.3 Å². The van der Waals surface area contributed by atoms with E-state index >= 15 is 0 Å². The van der Waals surface area contributed by atoms with Crippen molar-refractivity contribution in [3.8, 4) is 0 Å². The quantitative estimate of drug-likeness (QED) is 0.745. The van der Waals surface area contributed by atoms with E-state index < -0.39 is 0 Å². The molecule has 1 amide bonds. The first kappa shape index (κ1) is 14.2. The molecule has 0 saturated carbocycles. The van der Waals surface area contributed by atoms with Gasteiger partial charge in [-0.3, -0.25) is 14.4 Å². The smallest absolute Gasteiger partial charge is 0.269 e. The van der Waals surface area contributed by atoms with Gasteiger partial charge in [-0.25, -0.2) is 4.68 Å². The predicted molar refractivity (Wildman–Crippen MR) is 73.6 cm³/mol. The van der Waals surface area contributed by atoms with Crippen LogP contribution < -0.4 is 10.5 Å². The highest BCUT2D eigenvalue weighted by Gasteiger charge is 2.21. The van der Waals surface area contributed by atoms with Gasteiger partial charge in [-0.1, -0.05) is 0 Å². The maximum absolute atomic E-state index is 12.0. The van der Waals surface area contributed by atoms with Gasteiger partial charge >= 0.3 is 0 Å². The predicted octanol–water partition coefficient (Wildman–Crippen LogP) is -0.499. The maximum atomic E-state index is 12.0. The third kappa shape index (κ3) is 3.23. The molecule has 7 heteroatoms. The number of anilines is 1. The van der Waals surface area contributed by atoms with Crippen LogP contribution in [0.5, 0.6) is 0 Å². The summed E-state index contributed by atoms with van der Waals surface area (Å²) in [4.78, 5) is 38.4. The summed E-state index contributed by atoms with van der Waals surface area (Å²) >= 11 is 0. The van der Waals surface area contributed by atoms with Gasteiger partial charge in [0.05, 0.1) is 11.9 Å². The molecular weight excluding hydrogens is 260 g/mol. The van der Waals surface area contributed by atoms with Crippen molar-refractivity contribution >= 4 is 17.4 Å². The second kappa shape index (κ2) is 5.85. The molecule has 1 aromatic heterocycles. The SMILES string of the molecule is CN(C)c1cnn(CC(=O)N2CCC(=O)CC2)c(=O)c1. The zero-order chi connectivity index (χ0) is 14.7. The molecule has 1 aliphatic rings. The highest BCUT2D eigenvalue weighted by atomic mass is 16.2. The molecule has 2 heterocycles. The third-order valence-corrected chi connectivity index (χ3v) is 3.33. The van der Waals surface area contributed by atoms with Gasteiger partial charge in [0.25, 0.3) is 5.56 Å². The second-order valence-electron chi connectivity index (χ2n) is 5.02. The van der Waals surface area contributed by atoms with Crippen LogP contribution in [0.4, 0.5) is 5.69 Å². The van der Waals surface area contributed by atoms with Gasteiger partial charge in [-0.2, -0.15) is 5.10 Å². The summed E-state index contributed by atoms with van der Waals surface area (Å²) in [7, 11) is 3.63. The second-order valence-corrected chi connectivity index (χ2v) is 5.02. The first-order valence-corrected chi connectivity index (χ1v) is 6.51. The maximum Gasteiger partial charge on any atom is 0.269 e. The number of hydrogen-bond acceptors (Lipinski definition) is 5. The number of amides is 1. The molecule has 1 aromatic rings. The number of carbonyl (C=O) groups is 2. The highest BCUT2D eigenvalue weighted by Crippen LogP contribution is 2.07. The average molecular weight is 278 g/mol. The Morgan fingerprint density at radius 3 is 2.50 bits per heavy atom. The molecule has 0 N–H and O–H groups in total. The number of Topliss-reactive ketones (excluding diaryl/α,β-unsaturated/α-hetero) is 1. The molecular formula is C13H18N4O3. The van der Waals surface area contributed by atoms with E-state index in [0.717, 1.165) is 4.68 Å². The van der Waals surface area contributed by atoms with Crippen molar-refractivity contribution in [3.63, 3.8) is 0 Å². The third-order valence-electron chi connectivity index (χ3n) is 3.33. The van der Waals surface area contributed by atoms with Crippen molar-refractivity contribution < 1.29 is 9.59 Å². The molecule has 0 spiro atoms. The standard InChI is InChI=1S/C13H18N4O3/c1-15(2)10-7-12(19)17(14-8-10)9-13(20)16-5-3-11(18)4-6-16/h7-8H,3-6,9H2,1-2H3. The molecule has 0 radical (unpaired) electrons. The van der Waals surface area contributed by atoms with Gasteiger partial charge in [0.15, 0.2) is 0 Å². The zero-order valence-electron chi connectivity index (χ0n) is 11.7. The topological polar surface area (TPSA) is 75.5 Å². The van der Waals surface area contributed by atoms with E-state index in [1.54, 1.807) is 16.0 Å². The van der Waals surface area contributed by atoms with E-state index in [0.29, 0.717) is 31.6 Å². The van der Waals surface area contributed by atoms with Gasteiger partial charge in [0, 0.05) is 46.1 Å². The summed E-state index contributed by atoms with van der Waals surface area (Å²) in [6.07, 6.45) is 2.34. The molecule has 0 atom stereocenters. The minimum absolute atomic E-state index is 0.0826. The molecule has 1 saturated heterocycles. The van der Waals surface area contributed by atoms with Crippen molar-refractivity contribution in [1.82, 2.24) is 14.7 Å². The lowest BCUT2D eigenvalue weighted by Gasteiger charge is -2.26. The molecule has 0 bridgehead atoms. The fourth-order valence-corrected chi connectivity index (χ4v) is 2.02. The van der Waals surface area contributed by atoms with Crippen LogP contribution in [0.2, 0.25) is 0 Å². The minimum atomic E-state index is -0.308. The molecule has 20 heavy (non-hydrogen) atoms. The van der Waals surface area contributed by atoms with Gasteiger partial charge in [-0.05, 0) is 0 Å². The Morgan fingerprint density at radius 1 is 1.30 bits per heavy atom. The van der Waals surface area contributed by atoms with Gasteiger partial charge in [-0.15, -0.1) is 0 Å². The molecule has 0 unspecified atom stereocenters. The Bertz CT molecular complexity index is 569. The summed E-state index contributed by atoms with van der Waals surface area (Å²) in [5, 5.41) is 4.00. The minimum Gasteiger partial charge on any atom is -0.376 e. The highest BCUT2D eigenvalue weighted by molar-refractivity contribution is 5.83. The summed E-state index contributed by atoms with van der Waals surface area (Å²) < 4.78 is 1.14. The van der Waals surface area contributed by atoms with Crippen LogP contribution in [0.3, 0.4) is 0 Å². The van der Waals surface area contributed by atoms with Crippen molar-refractivity contribution in [3.05, 3.63) is 22.6 Å². The van der Waals surface area contributed by atoms with E-state index in [9.17, 15) is 14.4 Å². The van der Waals surface area contributed by atoms with Crippen molar-refractivity contribution in [2.75, 3.05) is 32.1 Å². The van der Waals surface area contributed by atoms with Crippen LogP contribution in [-0.4, -0.2) is 53.6 Å². The van der Waals surface area contributed by atoms with E-state index in [2.05, 4.69) is 5.10 Å². The Morgan fingerprint density at radius 2 is 1.95 bits per heavy atom. The van der Waals surface area contributed by atoms with E-state index in [4.69, 9.17) is 0 Å². The monoisotopic (exact) mass is 278 g/mol. The Kier molecular flexibility index (Phi) is 4.16. The first-order chi connectivity index (χ1) is 9.47. The fourth-order valence-electron chi connectivity index (χ4n) is 2.02. The number of nitrogens with zero attached hydrogens (tertiary/aromatic N) is 4. The molecule has 0 aromatic carbocycles. The van der Waals surface area contributed by atoms with Crippen LogP contribution in [0.1, 0.15) is 12.8 Å². The molecule has 0 aliphatic carbocycles. The summed E-state index contributed by atoms with van der Waals surface area (Å²) in [5.41, 5.74) is 0.389. The van der Waals surface area contributed by atoms with Crippen molar-refractivity contribution in [2.24, 2.45) is 0 Å². The van der Waals surface area contributed by atoms with Crippen LogP contribution in [0, 0.1) is 0 Å². The van der Waals surface area contributed by atoms with Crippen LogP contribution >= 0.6 is 0 Å². The Balaban J connectivity index is 2.04. The number of ketones is 1. The molecule has 1 fully saturated rings. The van der Waals surface area contributed by atoms with Gasteiger partial charge in [0.2, 0.25) is 5.91 Å². The summed E-state index contributed by atoms with van der Waals surface area (Å²) in [6, 6.07) is 1.44. The number of likely N-dealkylation sites (tertiary alicyclic amines) is 1. The normalized spacial score (nSPS) is 15.3. The Labute approximate surface area is 116 Å². The van der Waals surface area contributed by atoms with Crippen molar-refractivity contribution in [2.45, 2.75) is 19.4 Å². The zero-order valence-corrected chi connectivity index (χ0v) is 11.7. The first-order valence-electron chi connectivity index (χ1n) is 6.51. The largest absolute Gasteiger partial charge is 0.376 e. The summed E-state index contributed by atoms with van der Waals surface area (Å²) in [5.74, 6) is 0.00406. The lowest BCUT2D eigenvalue weighted by atomic mass is 10.1. The number of piperidine rings is 1. The average Bonchev–Trinajstić information content (AvgIpc) is 2.41. The van der Waals surface area contributed by atoms with Crippen LogP contribution in [0.25, 0.3) is 0 Å². The van der Waals surface area contributed by atoms with E-state index in [1.807, 2.05) is 14.1 Å². The molecule has 1 aliphatic heterocycles. The lowest BCUT2D eigenvalue weighted by Crippen LogP contribution is -2.42. The number of aromatic nitrogens is 2. The Hall–Kier alpha value is -2.18. The van der Waals surface area contributed by atoms with Crippen LogP contribution in [-0.2, 0) is 16.1 Å². The van der Waals surface area contributed by atoms with Crippen molar-refractivity contribution in [1.29, 1.82) is 0 Å². The number of rotatable bonds is 3. The molecule has 2 rings (SSSR count). The van der Waals surface area contributed by atoms with E-state index in [-0.39, 0.29) is 23.8 Å². The lowest BCUT2D eigenvalue weighted by molar-refractivity contribution is -0.135. The molecule has 108 valence electrons. The molecule has 7 nitrogen and oxygen atoms in total. The number of carbonyl (C=O) groups excluding carboxylic acids is 2. The summed E-state index contributed by atoms with van der Waals surface area (Å²) in [6.45, 7) is 0.783. The van der Waals surface area contributed by atoms with Crippen LogP contribution in [0.15, 0.2) is 17.1 Å². The fraction of sp³-hybridized carbons (Fsp3) is 0.538. The van der Waals surface area contributed by atoms with Gasteiger partial charge < -0.3 is 9.80 Å².